The predicted octanol–water partition coefficient (Wildman–Crippen LogP) is -2.19. The van der Waals surface area contributed by atoms with E-state index in [9.17, 15) is 29.4 Å². The molecule has 8 atom stereocenters. The molecular formula is C25H38N4O10. The summed E-state index contributed by atoms with van der Waals surface area (Å²) in [6.45, 7) is 2.30. The average Bonchev–Trinajstić information content (AvgIpc) is 2.92. The van der Waals surface area contributed by atoms with Crippen LogP contribution in [0.25, 0.3) is 0 Å². The number of hydrogen-bond acceptors (Lipinski definition) is 11. The lowest BCUT2D eigenvalue weighted by molar-refractivity contribution is -0.269. The first-order chi connectivity index (χ1) is 18.5. The standard InChI is InChI=1S/C25H38N4O10/c1-13(28-24(35)14(2)38-21-19(26)25(36-3)39-17(11-30)20(21)32)23(34)29-16(22(27)33)9-10-18(31)37-12-15-7-5-4-6-8-15/h4-8,13-14,16-17,19-21,25,30,32H,9-12,26H2,1-3H3,(H2,27,33)(H,28,35)(H,29,34)/t13-,14+,16+,17+,19+,20+,21+,25+/m0/s1. The molecule has 8 N–H and O–H groups in total. The number of aliphatic hydroxyl groups is 2. The van der Waals surface area contributed by atoms with Crippen LogP contribution in [0.2, 0.25) is 0 Å². The molecule has 0 radical (unpaired) electrons. The van der Waals surface area contributed by atoms with E-state index < -0.39 is 79.1 Å². The smallest absolute Gasteiger partial charge is 0.306 e. The van der Waals surface area contributed by atoms with E-state index in [1.165, 1.54) is 21.0 Å². The van der Waals surface area contributed by atoms with Crippen LogP contribution >= 0.6 is 0 Å². The van der Waals surface area contributed by atoms with Gasteiger partial charge in [0.05, 0.1) is 12.6 Å². The number of nitrogens with two attached hydrogens (primary N) is 2. The van der Waals surface area contributed by atoms with Gasteiger partial charge in [-0.2, -0.15) is 0 Å². The van der Waals surface area contributed by atoms with E-state index >= 15 is 0 Å². The van der Waals surface area contributed by atoms with E-state index in [-0.39, 0.29) is 19.4 Å². The fourth-order valence-electron chi connectivity index (χ4n) is 3.82. The molecule has 2 rings (SSSR count). The van der Waals surface area contributed by atoms with Crippen molar-refractivity contribution in [1.29, 1.82) is 0 Å². The van der Waals surface area contributed by atoms with Gasteiger partial charge in [0, 0.05) is 13.5 Å². The molecule has 14 heteroatoms. The maximum atomic E-state index is 12.7. The molecule has 3 amide bonds. The van der Waals surface area contributed by atoms with E-state index in [4.69, 9.17) is 30.4 Å². The second kappa shape index (κ2) is 15.5. The molecule has 1 aliphatic rings. The number of nitrogens with one attached hydrogen (secondary N) is 2. The summed E-state index contributed by atoms with van der Waals surface area (Å²) < 4.78 is 21.3. The summed E-state index contributed by atoms with van der Waals surface area (Å²) in [5.74, 6) is -2.86. The van der Waals surface area contributed by atoms with Gasteiger partial charge in [-0.25, -0.2) is 0 Å². The van der Waals surface area contributed by atoms with Gasteiger partial charge in [0.2, 0.25) is 17.7 Å². The van der Waals surface area contributed by atoms with E-state index in [1.54, 1.807) is 24.3 Å². The highest BCUT2D eigenvalue weighted by molar-refractivity contribution is 5.92. The molecular weight excluding hydrogens is 516 g/mol. The van der Waals surface area contributed by atoms with Crippen LogP contribution in [0.1, 0.15) is 32.3 Å². The zero-order valence-electron chi connectivity index (χ0n) is 22.1. The monoisotopic (exact) mass is 554 g/mol. The van der Waals surface area contributed by atoms with Crippen molar-refractivity contribution in [3.8, 4) is 0 Å². The Hall–Kier alpha value is -3.14. The minimum absolute atomic E-state index is 0.0686. The molecule has 0 unspecified atom stereocenters. The van der Waals surface area contributed by atoms with Gasteiger partial charge in [0.1, 0.15) is 43.1 Å². The van der Waals surface area contributed by atoms with Gasteiger partial charge in [0.25, 0.3) is 0 Å². The minimum atomic E-state index is -1.34. The van der Waals surface area contributed by atoms with Gasteiger partial charge in [0.15, 0.2) is 6.29 Å². The summed E-state index contributed by atoms with van der Waals surface area (Å²) in [6.07, 6.45) is -5.93. The van der Waals surface area contributed by atoms with Crippen LogP contribution in [-0.2, 0) is 44.7 Å². The molecule has 14 nitrogen and oxygen atoms in total. The number of aliphatic hydroxyl groups excluding tert-OH is 2. The Labute approximate surface area is 226 Å². The molecule has 1 aromatic carbocycles. The van der Waals surface area contributed by atoms with Crippen molar-refractivity contribution in [2.45, 2.75) is 82.1 Å². The van der Waals surface area contributed by atoms with Gasteiger partial charge < -0.3 is 51.3 Å². The van der Waals surface area contributed by atoms with Crippen molar-refractivity contribution in [3.05, 3.63) is 35.9 Å². The number of hydrogen-bond donors (Lipinski definition) is 6. The second-order valence-corrected chi connectivity index (χ2v) is 9.15. The molecule has 1 aromatic rings. The third kappa shape index (κ3) is 9.53. The molecule has 39 heavy (non-hydrogen) atoms. The summed E-state index contributed by atoms with van der Waals surface area (Å²) in [5, 5.41) is 24.7. The normalized spacial score (nSPS) is 25.1. The zero-order chi connectivity index (χ0) is 29.1. The molecule has 0 saturated carbocycles. The number of carbonyl (C=O) groups is 4. The third-order valence-corrected chi connectivity index (χ3v) is 6.15. The van der Waals surface area contributed by atoms with Crippen molar-refractivity contribution in [2.75, 3.05) is 13.7 Å². The lowest BCUT2D eigenvalue weighted by atomic mass is 9.97. The molecule has 0 bridgehead atoms. The number of methoxy groups -OCH3 is 1. The molecule has 0 aromatic heterocycles. The van der Waals surface area contributed by atoms with Gasteiger partial charge >= 0.3 is 5.97 Å². The number of amides is 3. The number of carbonyl (C=O) groups excluding carboxylic acids is 4. The van der Waals surface area contributed by atoms with Crippen molar-refractivity contribution in [2.24, 2.45) is 11.5 Å². The van der Waals surface area contributed by atoms with Crippen molar-refractivity contribution < 1.29 is 48.3 Å². The summed E-state index contributed by atoms with van der Waals surface area (Å²) in [6, 6.07) is 5.78. The highest BCUT2D eigenvalue weighted by Gasteiger charge is 2.45. The fourth-order valence-corrected chi connectivity index (χ4v) is 3.82. The largest absolute Gasteiger partial charge is 0.461 e. The highest BCUT2D eigenvalue weighted by atomic mass is 16.7. The first-order valence-electron chi connectivity index (χ1n) is 12.5. The van der Waals surface area contributed by atoms with Crippen LogP contribution in [0, 0.1) is 0 Å². The molecule has 0 aliphatic carbocycles. The lowest BCUT2D eigenvalue weighted by Crippen LogP contribution is -2.64. The number of ether oxygens (including phenoxy) is 4. The second-order valence-electron chi connectivity index (χ2n) is 9.15. The molecule has 1 saturated heterocycles. The maximum absolute atomic E-state index is 12.7. The Morgan fingerprint density at radius 2 is 1.77 bits per heavy atom. The number of primary amides is 1. The SMILES string of the molecule is CO[C@@H]1O[C@H](CO)[C@@H](O)[C@H](O[C@H](C)C(=O)N[C@@H](C)C(=O)N[C@H](CCC(=O)OCc2ccccc2)C(N)=O)[C@H]1N. The Bertz CT molecular complexity index is 949. The lowest BCUT2D eigenvalue weighted by Gasteiger charge is -2.42. The van der Waals surface area contributed by atoms with Crippen LogP contribution in [0.3, 0.4) is 0 Å². The van der Waals surface area contributed by atoms with Crippen molar-refractivity contribution in [3.63, 3.8) is 0 Å². The Morgan fingerprint density at radius 3 is 2.36 bits per heavy atom. The van der Waals surface area contributed by atoms with Gasteiger partial charge in [-0.1, -0.05) is 30.3 Å². The van der Waals surface area contributed by atoms with Crippen molar-refractivity contribution >= 4 is 23.7 Å². The number of rotatable bonds is 14. The fraction of sp³-hybridized carbons (Fsp3) is 0.600. The summed E-state index contributed by atoms with van der Waals surface area (Å²) in [5.41, 5.74) is 12.2. The topological polar surface area (TPSA) is 222 Å². The van der Waals surface area contributed by atoms with Crippen LogP contribution in [0.5, 0.6) is 0 Å². The maximum Gasteiger partial charge on any atom is 0.306 e. The molecule has 218 valence electrons. The highest BCUT2D eigenvalue weighted by Crippen LogP contribution is 2.23. The Morgan fingerprint density at radius 1 is 1.10 bits per heavy atom. The first kappa shape index (κ1) is 32.1. The summed E-state index contributed by atoms with van der Waals surface area (Å²) >= 11 is 0. The minimum Gasteiger partial charge on any atom is -0.461 e. The average molecular weight is 555 g/mol. The molecule has 1 fully saturated rings. The van der Waals surface area contributed by atoms with E-state index in [0.717, 1.165) is 5.56 Å². The molecule has 1 aliphatic heterocycles. The first-order valence-corrected chi connectivity index (χ1v) is 12.5. The van der Waals surface area contributed by atoms with Gasteiger partial charge in [-0.3, -0.25) is 19.2 Å². The Kier molecular flexibility index (Phi) is 12.7. The summed E-state index contributed by atoms with van der Waals surface area (Å²) in [7, 11) is 1.33. The van der Waals surface area contributed by atoms with E-state index in [0.29, 0.717) is 0 Å². The predicted molar refractivity (Wildman–Crippen MR) is 135 cm³/mol. The van der Waals surface area contributed by atoms with Crippen LogP contribution in [0.4, 0.5) is 0 Å². The zero-order valence-corrected chi connectivity index (χ0v) is 22.1. The number of esters is 1. The van der Waals surface area contributed by atoms with Gasteiger partial charge in [-0.15, -0.1) is 0 Å². The van der Waals surface area contributed by atoms with E-state index in [2.05, 4.69) is 10.6 Å². The van der Waals surface area contributed by atoms with Crippen molar-refractivity contribution in [1.82, 2.24) is 10.6 Å². The third-order valence-electron chi connectivity index (χ3n) is 6.15. The molecule has 0 spiro atoms. The summed E-state index contributed by atoms with van der Waals surface area (Å²) in [4.78, 5) is 49.2. The van der Waals surface area contributed by atoms with Crippen LogP contribution < -0.4 is 22.1 Å². The van der Waals surface area contributed by atoms with Crippen LogP contribution in [0.15, 0.2) is 30.3 Å². The van der Waals surface area contributed by atoms with Gasteiger partial charge in [-0.05, 0) is 25.8 Å². The van der Waals surface area contributed by atoms with E-state index in [1.807, 2.05) is 6.07 Å². The number of benzene rings is 1. The quantitative estimate of drug-likeness (QED) is 0.136. The molecule has 1 heterocycles. The Balaban J connectivity index is 1.85. The van der Waals surface area contributed by atoms with Crippen LogP contribution in [-0.4, -0.2) is 96.5 Å².